The van der Waals surface area contributed by atoms with Gasteiger partial charge in [0.05, 0.1) is 7.11 Å². The maximum absolute atomic E-state index is 12.6. The second-order valence-electron chi connectivity index (χ2n) is 6.25. The number of amides is 1. The van der Waals surface area contributed by atoms with Crippen LogP contribution in [0.25, 0.3) is 5.57 Å². The molecule has 5 heteroatoms. The SMILES string of the molecule is COc1ccccc1/C(C)=C/C(=O)N1CCCC(CC(=O)O)CC1. The van der Waals surface area contributed by atoms with E-state index in [0.717, 1.165) is 36.1 Å². The molecule has 0 spiro atoms. The van der Waals surface area contributed by atoms with Gasteiger partial charge in [0.1, 0.15) is 5.75 Å². The number of nitrogens with zero attached hydrogens (tertiary/aromatic N) is 1. The number of carboxylic acid groups (broad SMARTS) is 1. The van der Waals surface area contributed by atoms with Gasteiger partial charge >= 0.3 is 5.97 Å². The molecule has 24 heavy (non-hydrogen) atoms. The smallest absolute Gasteiger partial charge is 0.303 e. The Kier molecular flexibility index (Phi) is 6.41. The monoisotopic (exact) mass is 331 g/mol. The molecular formula is C19H25NO4. The standard InChI is InChI=1S/C19H25NO4/c1-14(16-7-3-4-8-17(16)24-2)12-18(21)20-10-5-6-15(9-11-20)13-19(22)23/h3-4,7-8,12,15H,5-6,9-11,13H2,1-2H3,(H,22,23)/b14-12+. The van der Waals surface area contributed by atoms with E-state index in [9.17, 15) is 9.59 Å². The fourth-order valence-corrected chi connectivity index (χ4v) is 3.16. The molecule has 2 rings (SSSR count). The average Bonchev–Trinajstić information content (AvgIpc) is 2.79. The highest BCUT2D eigenvalue weighted by atomic mass is 16.5. The van der Waals surface area contributed by atoms with Crippen molar-refractivity contribution >= 4 is 17.4 Å². The predicted octanol–water partition coefficient (Wildman–Crippen LogP) is 3.20. The number of para-hydroxylation sites is 1. The molecule has 5 nitrogen and oxygen atoms in total. The summed E-state index contributed by atoms with van der Waals surface area (Å²) < 4.78 is 5.34. The number of hydrogen-bond acceptors (Lipinski definition) is 3. The van der Waals surface area contributed by atoms with Gasteiger partial charge in [0, 0.05) is 31.1 Å². The highest BCUT2D eigenvalue weighted by molar-refractivity contribution is 5.95. The molecule has 1 saturated heterocycles. The van der Waals surface area contributed by atoms with Gasteiger partial charge in [-0.3, -0.25) is 9.59 Å². The summed E-state index contributed by atoms with van der Waals surface area (Å²) in [4.78, 5) is 25.2. The minimum atomic E-state index is -0.758. The Morgan fingerprint density at radius 3 is 2.75 bits per heavy atom. The number of aliphatic carboxylic acids is 1. The van der Waals surface area contributed by atoms with E-state index in [1.807, 2.05) is 36.1 Å². The van der Waals surface area contributed by atoms with Crippen LogP contribution in [0.15, 0.2) is 30.3 Å². The summed E-state index contributed by atoms with van der Waals surface area (Å²) in [6.45, 7) is 3.21. The first kappa shape index (κ1) is 18.0. The average molecular weight is 331 g/mol. The molecule has 1 atom stereocenters. The molecule has 0 saturated carbocycles. The van der Waals surface area contributed by atoms with E-state index in [1.54, 1.807) is 13.2 Å². The topological polar surface area (TPSA) is 66.8 Å². The summed E-state index contributed by atoms with van der Waals surface area (Å²) in [7, 11) is 1.62. The van der Waals surface area contributed by atoms with Gasteiger partial charge in [0.2, 0.25) is 5.91 Å². The Balaban J connectivity index is 2.04. The van der Waals surface area contributed by atoms with Crippen LogP contribution in [-0.4, -0.2) is 42.1 Å². The lowest BCUT2D eigenvalue weighted by Gasteiger charge is -2.19. The molecule has 0 radical (unpaired) electrons. The summed E-state index contributed by atoms with van der Waals surface area (Å²) >= 11 is 0. The number of benzene rings is 1. The highest BCUT2D eigenvalue weighted by Crippen LogP contribution is 2.26. The zero-order valence-electron chi connectivity index (χ0n) is 14.3. The predicted molar refractivity (Wildman–Crippen MR) is 92.8 cm³/mol. The van der Waals surface area contributed by atoms with Crippen LogP contribution >= 0.6 is 0 Å². The van der Waals surface area contributed by atoms with Crippen molar-refractivity contribution in [2.24, 2.45) is 5.92 Å². The van der Waals surface area contributed by atoms with Gasteiger partial charge in [-0.15, -0.1) is 0 Å². The third kappa shape index (κ3) is 4.85. The third-order valence-corrected chi connectivity index (χ3v) is 4.49. The maximum atomic E-state index is 12.6. The van der Waals surface area contributed by atoms with Gasteiger partial charge in [-0.05, 0) is 43.7 Å². The van der Waals surface area contributed by atoms with E-state index >= 15 is 0 Å². The Labute approximate surface area is 142 Å². The van der Waals surface area contributed by atoms with Gasteiger partial charge < -0.3 is 14.7 Å². The van der Waals surface area contributed by atoms with E-state index in [0.29, 0.717) is 13.1 Å². The molecule has 130 valence electrons. The third-order valence-electron chi connectivity index (χ3n) is 4.49. The van der Waals surface area contributed by atoms with Crippen LogP contribution in [0.3, 0.4) is 0 Å². The van der Waals surface area contributed by atoms with E-state index in [2.05, 4.69) is 0 Å². The van der Waals surface area contributed by atoms with E-state index in [4.69, 9.17) is 9.84 Å². The largest absolute Gasteiger partial charge is 0.496 e. The number of carboxylic acids is 1. The number of ether oxygens (including phenoxy) is 1. The van der Waals surface area contributed by atoms with Crippen LogP contribution in [0.2, 0.25) is 0 Å². The Hall–Kier alpha value is -2.30. The Bertz CT molecular complexity index is 624. The second kappa shape index (κ2) is 8.52. The molecule has 0 bridgehead atoms. The molecule has 1 N–H and O–H groups in total. The van der Waals surface area contributed by atoms with Crippen LogP contribution in [0.5, 0.6) is 5.75 Å². The number of allylic oxidation sites excluding steroid dienone is 1. The van der Waals surface area contributed by atoms with Gasteiger partial charge in [-0.1, -0.05) is 18.2 Å². The van der Waals surface area contributed by atoms with Crippen LogP contribution in [0, 0.1) is 5.92 Å². The second-order valence-corrected chi connectivity index (χ2v) is 6.25. The molecule has 1 aliphatic heterocycles. The minimum absolute atomic E-state index is 0.0191. The van der Waals surface area contributed by atoms with E-state index in [-0.39, 0.29) is 18.2 Å². The van der Waals surface area contributed by atoms with Crippen molar-refractivity contribution in [2.75, 3.05) is 20.2 Å². The van der Waals surface area contributed by atoms with Crippen molar-refractivity contribution in [1.29, 1.82) is 0 Å². The number of likely N-dealkylation sites (tertiary alicyclic amines) is 1. The minimum Gasteiger partial charge on any atom is -0.496 e. The number of methoxy groups -OCH3 is 1. The number of carbonyl (C=O) groups excluding carboxylic acids is 1. The Morgan fingerprint density at radius 1 is 1.29 bits per heavy atom. The molecule has 1 aromatic rings. The Morgan fingerprint density at radius 2 is 2.04 bits per heavy atom. The van der Waals surface area contributed by atoms with Crippen molar-refractivity contribution < 1.29 is 19.4 Å². The summed E-state index contributed by atoms with van der Waals surface area (Å²) in [6, 6.07) is 7.62. The number of carbonyl (C=O) groups is 2. The molecular weight excluding hydrogens is 306 g/mol. The summed E-state index contributed by atoms with van der Waals surface area (Å²) in [5, 5.41) is 8.93. The van der Waals surface area contributed by atoms with Crippen molar-refractivity contribution in [1.82, 2.24) is 4.90 Å². The van der Waals surface area contributed by atoms with Crippen LogP contribution in [0.4, 0.5) is 0 Å². The quantitative estimate of drug-likeness (QED) is 0.841. The lowest BCUT2D eigenvalue weighted by atomic mass is 9.97. The van der Waals surface area contributed by atoms with E-state index < -0.39 is 5.97 Å². The fourth-order valence-electron chi connectivity index (χ4n) is 3.16. The highest BCUT2D eigenvalue weighted by Gasteiger charge is 2.21. The van der Waals surface area contributed by atoms with Gasteiger partial charge in [-0.2, -0.15) is 0 Å². The summed E-state index contributed by atoms with van der Waals surface area (Å²) in [5.41, 5.74) is 1.77. The number of hydrogen-bond donors (Lipinski definition) is 1. The molecule has 1 aliphatic rings. The van der Waals surface area contributed by atoms with Gasteiger partial charge in [-0.25, -0.2) is 0 Å². The summed E-state index contributed by atoms with van der Waals surface area (Å²) in [5.74, 6) is 0.136. The van der Waals surface area contributed by atoms with E-state index in [1.165, 1.54) is 0 Å². The van der Waals surface area contributed by atoms with Crippen molar-refractivity contribution in [3.05, 3.63) is 35.9 Å². The first-order valence-corrected chi connectivity index (χ1v) is 8.33. The van der Waals surface area contributed by atoms with Crippen LogP contribution in [0.1, 0.15) is 38.2 Å². The molecule has 0 aliphatic carbocycles. The summed E-state index contributed by atoms with van der Waals surface area (Å²) in [6.07, 6.45) is 4.31. The van der Waals surface area contributed by atoms with Crippen LogP contribution < -0.4 is 4.74 Å². The fraction of sp³-hybridized carbons (Fsp3) is 0.474. The molecule has 1 fully saturated rings. The maximum Gasteiger partial charge on any atom is 0.303 e. The first-order chi connectivity index (χ1) is 11.5. The molecule has 1 aromatic carbocycles. The van der Waals surface area contributed by atoms with Gasteiger partial charge in [0.25, 0.3) is 0 Å². The lowest BCUT2D eigenvalue weighted by molar-refractivity contribution is -0.138. The molecule has 1 unspecified atom stereocenters. The lowest BCUT2D eigenvalue weighted by Crippen LogP contribution is -2.30. The van der Waals surface area contributed by atoms with Crippen LogP contribution in [-0.2, 0) is 9.59 Å². The molecule has 1 heterocycles. The first-order valence-electron chi connectivity index (χ1n) is 8.33. The van der Waals surface area contributed by atoms with Crippen molar-refractivity contribution in [3.63, 3.8) is 0 Å². The normalized spacial score (nSPS) is 18.8. The molecule has 0 aromatic heterocycles. The zero-order valence-corrected chi connectivity index (χ0v) is 14.3. The molecule has 1 amide bonds. The zero-order chi connectivity index (χ0) is 17.5. The van der Waals surface area contributed by atoms with Crippen molar-refractivity contribution in [2.45, 2.75) is 32.6 Å². The number of rotatable bonds is 5. The van der Waals surface area contributed by atoms with Gasteiger partial charge in [0.15, 0.2) is 0 Å². The van der Waals surface area contributed by atoms with Crippen molar-refractivity contribution in [3.8, 4) is 5.75 Å².